The number of piperidine rings is 1. The molecule has 0 unspecified atom stereocenters. The Kier molecular flexibility index (Phi) is 34.1. The van der Waals surface area contributed by atoms with E-state index in [1.165, 1.54) is 59.6 Å². The van der Waals surface area contributed by atoms with Gasteiger partial charge in [0.2, 0.25) is 70.9 Å². The van der Waals surface area contributed by atoms with Crippen LogP contribution in [0.15, 0.2) is 30.3 Å². The van der Waals surface area contributed by atoms with Gasteiger partial charge in [0.15, 0.2) is 0 Å². The van der Waals surface area contributed by atoms with Crippen LogP contribution >= 0.6 is 0 Å². The number of nitrogens with zero attached hydrogens (tertiary/aromatic N) is 6. The topological polar surface area (TPSA) is 335 Å². The second-order valence-electron chi connectivity index (χ2n) is 31.0. The van der Waals surface area contributed by atoms with Crippen LogP contribution in [0.3, 0.4) is 0 Å². The average molecular weight is 1420 g/mol. The molecule has 0 spiro atoms. The first-order valence-corrected chi connectivity index (χ1v) is 36.7. The largest absolute Gasteiger partial charge is 0.391 e. The summed E-state index contributed by atoms with van der Waals surface area (Å²) in [5, 5.41) is 28.5. The summed E-state index contributed by atoms with van der Waals surface area (Å²) >= 11 is 0. The molecule has 0 aromatic heterocycles. The molecule has 570 valence electrons. The van der Waals surface area contributed by atoms with E-state index in [9.17, 15) is 29.1 Å². The molecule has 101 heavy (non-hydrogen) atoms. The molecule has 1 aromatic carbocycles. The molecule has 3 heterocycles. The summed E-state index contributed by atoms with van der Waals surface area (Å²) in [4.78, 5) is 188. The van der Waals surface area contributed by atoms with E-state index < -0.39 is 167 Å². The van der Waals surface area contributed by atoms with Crippen molar-refractivity contribution in [1.82, 2.24) is 61.3 Å². The van der Waals surface area contributed by atoms with Gasteiger partial charge in [-0.2, -0.15) is 0 Å². The van der Waals surface area contributed by atoms with E-state index >= 15 is 33.6 Å². The van der Waals surface area contributed by atoms with Crippen molar-refractivity contribution in [3.8, 4) is 0 Å². The van der Waals surface area contributed by atoms with Gasteiger partial charge in [0.05, 0.1) is 30.8 Å². The van der Waals surface area contributed by atoms with Crippen molar-refractivity contribution in [1.29, 1.82) is 0 Å². The number of likely N-dealkylation sites (N-methyl/N-ethyl adjacent to an activating group) is 4. The van der Waals surface area contributed by atoms with Crippen LogP contribution < -0.4 is 31.9 Å². The number of amides is 12. The third kappa shape index (κ3) is 25.6. The highest BCUT2D eigenvalue weighted by molar-refractivity contribution is 6.00. The van der Waals surface area contributed by atoms with Gasteiger partial charge >= 0.3 is 0 Å². The maximum atomic E-state index is 15.4. The lowest BCUT2D eigenvalue weighted by atomic mass is 9.96. The van der Waals surface area contributed by atoms with E-state index in [1.807, 2.05) is 62.3 Å². The number of rotatable bonds is 19. The smallest absolute Gasteiger partial charge is 0.248 e. The van der Waals surface area contributed by atoms with E-state index in [2.05, 4.69) is 31.9 Å². The first kappa shape index (κ1) is 86.1. The van der Waals surface area contributed by atoms with Crippen molar-refractivity contribution in [2.45, 2.75) is 272 Å². The molecule has 7 N–H and O–H groups in total. The Labute approximate surface area is 600 Å². The van der Waals surface area contributed by atoms with Gasteiger partial charge in [0.25, 0.3) is 0 Å². The highest BCUT2D eigenvalue weighted by Gasteiger charge is 2.47. The zero-order chi connectivity index (χ0) is 76.1. The molecule has 0 bridgehead atoms. The zero-order valence-electron chi connectivity index (χ0n) is 64.1. The van der Waals surface area contributed by atoms with Crippen molar-refractivity contribution < 1.29 is 72.1 Å². The van der Waals surface area contributed by atoms with Crippen LogP contribution in [-0.4, -0.2) is 251 Å². The standard InChI is InChI=1S/C74H124N12O15/c1-21-29-55-64(90)78-54(42-101-74(14,15)16)69(95)84(20)59(37-46(9)10)71(97)83(19)57(36-45(7)8)65(91)75-51(34-43(3)4)63(89)80-62(48(13)87)73(99)86-41-50(100-22-2)39-58(86)67(93)76-52(38-49-30-25-23-26-31-49)68(94)82(18)56(35-44(5)6)66(92)77-53(70(96)85-32-27-24-28-33-85)40-60(88)79-61(47(11)12)72(98)81(55)17/h23,25-26,30-31,43-48,50-59,61-62,87H,21-22,24,27-29,32-42H2,1-20H3,(H,75,91)(H,76,93)(H,77,92)(H,78,90)(H,79,88)(H,80,89)/t48-,50-,51+,52+,53+,54+,55+,56+,57+,58+,59+,61-,62+/m1/s1. The fraction of sp³-hybridized carbons (Fsp3) is 0.757. The van der Waals surface area contributed by atoms with Gasteiger partial charge in [-0.15, -0.1) is 0 Å². The van der Waals surface area contributed by atoms with Gasteiger partial charge in [-0.05, 0) is 121 Å². The Hall–Kier alpha value is -7.26. The summed E-state index contributed by atoms with van der Waals surface area (Å²) < 4.78 is 12.2. The number of aliphatic hydroxyl groups excluding tert-OH is 1. The predicted molar refractivity (Wildman–Crippen MR) is 383 cm³/mol. The van der Waals surface area contributed by atoms with Crippen LogP contribution in [0.25, 0.3) is 0 Å². The highest BCUT2D eigenvalue weighted by atomic mass is 16.5. The van der Waals surface area contributed by atoms with Crippen LogP contribution in [0.1, 0.15) is 187 Å². The average Bonchev–Trinajstić information content (AvgIpc) is 1.72. The third-order valence-corrected chi connectivity index (χ3v) is 18.9. The molecule has 13 atom stereocenters. The van der Waals surface area contributed by atoms with Gasteiger partial charge in [0, 0.05) is 67.3 Å². The molecule has 0 radical (unpaired) electrons. The molecule has 4 rings (SSSR count). The monoisotopic (exact) mass is 1420 g/mol. The van der Waals surface area contributed by atoms with Gasteiger partial charge < -0.3 is 75.9 Å². The first-order valence-electron chi connectivity index (χ1n) is 36.7. The number of carbonyl (C=O) groups is 12. The molecular weight excluding hydrogens is 1300 g/mol. The summed E-state index contributed by atoms with van der Waals surface area (Å²) in [6, 6.07) is -6.17. The van der Waals surface area contributed by atoms with Crippen molar-refractivity contribution >= 4 is 70.9 Å². The van der Waals surface area contributed by atoms with E-state index in [-0.39, 0.29) is 88.4 Å². The summed E-state index contributed by atoms with van der Waals surface area (Å²) in [7, 11) is 5.70. The van der Waals surface area contributed by atoms with Crippen LogP contribution in [0.2, 0.25) is 0 Å². The van der Waals surface area contributed by atoms with E-state index in [1.54, 1.807) is 76.8 Å². The molecule has 27 heteroatoms. The first-order chi connectivity index (χ1) is 47.2. The number of carbonyl (C=O) groups excluding carboxylic acids is 12. The fourth-order valence-electron chi connectivity index (χ4n) is 13.2. The van der Waals surface area contributed by atoms with E-state index in [0.717, 1.165) is 6.42 Å². The SMILES string of the molecule is CCC[C@H]1C(=O)N[C@@H](COC(C)(C)C)C(=O)N(C)[C@@H](CC(C)C)C(=O)N(C)[C@@H](CC(C)C)C(=O)N[C@@H](CC(C)C)C(=O)N[C@@H]([C@@H](C)O)C(=O)N2C[C@H](OCC)C[C@H]2C(=O)N[C@@H](Cc2ccccc2)C(=O)N(C)[C@@H](CC(C)C)C(=O)N[C@H](C(=O)N2CCCCC2)CC(=O)N[C@H](C(C)C)C(=O)N1C. The third-order valence-electron chi connectivity index (χ3n) is 18.9. The quantitative estimate of drug-likeness (QED) is 0.104. The minimum Gasteiger partial charge on any atom is -0.391 e. The number of benzene rings is 1. The van der Waals surface area contributed by atoms with Crippen molar-refractivity contribution in [2.75, 3.05) is 61.0 Å². The van der Waals surface area contributed by atoms with Crippen LogP contribution in [-0.2, 0) is 73.4 Å². The second kappa shape index (κ2) is 40.0. The van der Waals surface area contributed by atoms with Crippen LogP contribution in [0, 0.1) is 29.6 Å². The minimum atomic E-state index is -1.70. The number of hydrogen-bond acceptors (Lipinski definition) is 15. The summed E-state index contributed by atoms with van der Waals surface area (Å²) in [5.74, 6) is -10.3. The molecule has 0 saturated carbocycles. The lowest BCUT2D eigenvalue weighted by molar-refractivity contribution is -0.152. The lowest BCUT2D eigenvalue weighted by Crippen LogP contribution is -2.63. The predicted octanol–water partition coefficient (Wildman–Crippen LogP) is 3.70. The minimum absolute atomic E-state index is 0.0304. The van der Waals surface area contributed by atoms with Crippen LogP contribution in [0.4, 0.5) is 0 Å². The lowest BCUT2D eigenvalue weighted by Gasteiger charge is -2.38. The van der Waals surface area contributed by atoms with Gasteiger partial charge in [-0.3, -0.25) is 57.5 Å². The molecule has 3 aliphatic rings. The number of fused-ring (bicyclic) bond motifs is 1. The van der Waals surface area contributed by atoms with Gasteiger partial charge in [0.1, 0.15) is 66.5 Å². The maximum absolute atomic E-state index is 15.4. The molecular formula is C74H124N12O15. The molecule has 3 saturated heterocycles. The maximum Gasteiger partial charge on any atom is 0.248 e. The summed E-state index contributed by atoms with van der Waals surface area (Å²) in [6.45, 7) is 28.7. The molecule has 1 aromatic rings. The Balaban J connectivity index is 2.00. The number of hydrogen-bond donors (Lipinski definition) is 7. The molecule has 3 aliphatic heterocycles. The van der Waals surface area contributed by atoms with Gasteiger partial charge in [-0.25, -0.2) is 0 Å². The Morgan fingerprint density at radius 2 is 1.04 bits per heavy atom. The summed E-state index contributed by atoms with van der Waals surface area (Å²) in [6.07, 6.45) is -0.133. The van der Waals surface area contributed by atoms with E-state index in [0.29, 0.717) is 37.9 Å². The van der Waals surface area contributed by atoms with Crippen molar-refractivity contribution in [3.63, 3.8) is 0 Å². The number of aliphatic hydroxyl groups is 1. The number of nitrogens with one attached hydrogen (secondary N) is 6. The van der Waals surface area contributed by atoms with E-state index in [4.69, 9.17) is 9.47 Å². The Morgan fingerprint density at radius 1 is 0.545 bits per heavy atom. The Morgan fingerprint density at radius 3 is 1.56 bits per heavy atom. The Bertz CT molecular complexity index is 2950. The van der Waals surface area contributed by atoms with Crippen LogP contribution in [0.5, 0.6) is 0 Å². The van der Waals surface area contributed by atoms with Gasteiger partial charge in [-0.1, -0.05) is 113 Å². The summed E-state index contributed by atoms with van der Waals surface area (Å²) in [5.41, 5.74) is -0.213. The number of likely N-dealkylation sites (tertiary alicyclic amines) is 1. The second-order valence-corrected chi connectivity index (χ2v) is 31.0. The normalized spacial score (nSPS) is 27.0. The molecule has 12 amide bonds. The number of ether oxygens (including phenoxy) is 2. The fourth-order valence-corrected chi connectivity index (χ4v) is 13.2. The highest BCUT2D eigenvalue weighted by Crippen LogP contribution is 2.26. The molecule has 27 nitrogen and oxygen atoms in total. The molecule has 0 aliphatic carbocycles. The van der Waals surface area contributed by atoms with Crippen molar-refractivity contribution in [2.24, 2.45) is 29.6 Å². The molecule has 3 fully saturated rings. The van der Waals surface area contributed by atoms with Crippen molar-refractivity contribution in [3.05, 3.63) is 35.9 Å². The zero-order valence-corrected chi connectivity index (χ0v) is 64.1.